The molecule has 1 rings (SSSR count). The van der Waals surface area contributed by atoms with Crippen LogP contribution in [0.3, 0.4) is 0 Å². The number of hydroxylamine groups is 2. The summed E-state index contributed by atoms with van der Waals surface area (Å²) in [5.41, 5.74) is 0.409. The van der Waals surface area contributed by atoms with Crippen molar-refractivity contribution in [3.8, 4) is 5.75 Å². The van der Waals surface area contributed by atoms with Gasteiger partial charge in [-0.2, -0.15) is 0 Å². The second-order valence-electron chi connectivity index (χ2n) is 8.88. The number of aliphatic carboxylic acids is 1. The number of nitrogens with zero attached hydrogens (tertiary/aromatic N) is 1. The number of benzene rings is 1. The Morgan fingerprint density at radius 2 is 1.74 bits per heavy atom. The molecule has 0 radical (unpaired) electrons. The van der Waals surface area contributed by atoms with Gasteiger partial charge in [0.05, 0.1) is 12.2 Å². The number of carbonyl (C=O) groups excluding carboxylic acids is 1. The van der Waals surface area contributed by atoms with E-state index >= 15 is 0 Å². The molecule has 1 amide bonds. The highest BCUT2D eigenvalue weighted by atomic mass is 16.7. The Hall–Kier alpha value is -2.08. The molecule has 0 spiro atoms. The number of hydrogen-bond acceptors (Lipinski definition) is 4. The highest BCUT2D eigenvalue weighted by molar-refractivity contribution is 5.76. The van der Waals surface area contributed by atoms with Gasteiger partial charge in [0.1, 0.15) is 5.75 Å². The van der Waals surface area contributed by atoms with Crippen LogP contribution >= 0.6 is 0 Å². The Kier molecular flexibility index (Phi) is 8.28. The fraction of sp³-hybridized carbons (Fsp3) is 0.619. The first-order chi connectivity index (χ1) is 12.4. The summed E-state index contributed by atoms with van der Waals surface area (Å²) in [6.07, 6.45) is 2.62. The lowest BCUT2D eigenvalue weighted by Crippen LogP contribution is -2.45. The van der Waals surface area contributed by atoms with Crippen molar-refractivity contribution in [1.29, 1.82) is 0 Å². The second kappa shape index (κ2) is 9.74. The largest absolute Gasteiger partial charge is 0.494 e. The van der Waals surface area contributed by atoms with E-state index in [-0.39, 0.29) is 6.42 Å². The third kappa shape index (κ3) is 9.43. The molecule has 1 unspecified atom stereocenters. The summed E-state index contributed by atoms with van der Waals surface area (Å²) in [5, 5.41) is 10.4. The smallest absolute Gasteiger partial charge is 0.329 e. The Bertz CT molecular complexity index is 598. The Balaban J connectivity index is 2.67. The van der Waals surface area contributed by atoms with Gasteiger partial charge in [-0.1, -0.05) is 32.9 Å². The van der Waals surface area contributed by atoms with Crippen LogP contribution in [0.2, 0.25) is 0 Å². The average Bonchev–Trinajstić information content (AvgIpc) is 2.54. The number of carbonyl (C=O) groups is 2. The van der Waals surface area contributed by atoms with Crippen LogP contribution in [0, 0.1) is 5.41 Å². The second-order valence-corrected chi connectivity index (χ2v) is 8.88. The maximum absolute atomic E-state index is 11.6. The van der Waals surface area contributed by atoms with Gasteiger partial charge in [-0.3, -0.25) is 9.63 Å². The number of ether oxygens (including phenoxy) is 1. The highest BCUT2D eigenvalue weighted by Gasteiger charge is 2.29. The summed E-state index contributed by atoms with van der Waals surface area (Å²) in [6, 6.07) is 6.17. The fourth-order valence-electron chi connectivity index (χ4n) is 2.50. The summed E-state index contributed by atoms with van der Waals surface area (Å²) in [5.74, 6) is -0.369. The lowest BCUT2D eigenvalue weighted by atomic mass is 9.91. The van der Waals surface area contributed by atoms with Crippen molar-refractivity contribution in [2.75, 3.05) is 6.61 Å². The number of carboxylic acid groups (broad SMARTS) is 1. The van der Waals surface area contributed by atoms with Crippen molar-refractivity contribution >= 4 is 12.4 Å². The van der Waals surface area contributed by atoms with Gasteiger partial charge in [-0.25, -0.2) is 9.86 Å². The van der Waals surface area contributed by atoms with Crippen LogP contribution in [0.5, 0.6) is 5.75 Å². The van der Waals surface area contributed by atoms with Gasteiger partial charge in [0.2, 0.25) is 6.41 Å². The third-order valence-electron chi connectivity index (χ3n) is 3.77. The number of carboxylic acids is 1. The van der Waals surface area contributed by atoms with Crippen LogP contribution in [0.15, 0.2) is 24.3 Å². The number of rotatable bonds is 10. The van der Waals surface area contributed by atoms with Crippen molar-refractivity contribution < 1.29 is 24.3 Å². The van der Waals surface area contributed by atoms with E-state index in [4.69, 9.17) is 9.57 Å². The van der Waals surface area contributed by atoms with Crippen molar-refractivity contribution in [3.05, 3.63) is 29.8 Å². The molecule has 6 nitrogen and oxygen atoms in total. The molecule has 1 N–H and O–H groups in total. The van der Waals surface area contributed by atoms with E-state index in [2.05, 4.69) is 20.8 Å². The molecule has 0 saturated carbocycles. The van der Waals surface area contributed by atoms with Crippen LogP contribution in [-0.2, 0) is 20.8 Å². The summed E-state index contributed by atoms with van der Waals surface area (Å²) < 4.78 is 5.74. The molecule has 0 bridgehead atoms. The summed E-state index contributed by atoms with van der Waals surface area (Å²) in [4.78, 5) is 28.4. The fourth-order valence-corrected chi connectivity index (χ4v) is 2.50. The van der Waals surface area contributed by atoms with Gasteiger partial charge in [0.15, 0.2) is 6.04 Å². The van der Waals surface area contributed by atoms with Crippen molar-refractivity contribution in [3.63, 3.8) is 0 Å². The SMILES string of the molecule is CC(C)(C)CCCOc1ccc(CC(C(=O)O)N(C=O)OC(C)(C)C)cc1. The van der Waals surface area contributed by atoms with Gasteiger partial charge in [-0.05, 0) is 56.7 Å². The molecule has 1 aromatic rings. The summed E-state index contributed by atoms with van der Waals surface area (Å²) in [7, 11) is 0. The third-order valence-corrected chi connectivity index (χ3v) is 3.77. The molecule has 0 saturated heterocycles. The van der Waals surface area contributed by atoms with Crippen LogP contribution in [0.25, 0.3) is 0 Å². The molecule has 6 heteroatoms. The summed E-state index contributed by atoms with van der Waals surface area (Å²) in [6.45, 7) is 12.5. The van der Waals surface area contributed by atoms with Crippen LogP contribution in [0.1, 0.15) is 59.9 Å². The maximum atomic E-state index is 11.6. The first-order valence-electron chi connectivity index (χ1n) is 9.28. The predicted molar refractivity (Wildman–Crippen MR) is 104 cm³/mol. The van der Waals surface area contributed by atoms with E-state index < -0.39 is 17.6 Å². The van der Waals surface area contributed by atoms with Gasteiger partial charge in [-0.15, -0.1) is 0 Å². The molecule has 0 aliphatic carbocycles. The molecular formula is C21H33NO5. The minimum absolute atomic E-state index is 0.147. The monoisotopic (exact) mass is 379 g/mol. The highest BCUT2D eigenvalue weighted by Crippen LogP contribution is 2.21. The van der Waals surface area contributed by atoms with Gasteiger partial charge < -0.3 is 9.84 Å². The van der Waals surface area contributed by atoms with Gasteiger partial charge in [0.25, 0.3) is 0 Å². The molecule has 0 fully saturated rings. The number of amides is 1. The zero-order valence-electron chi connectivity index (χ0n) is 17.3. The molecule has 0 aliphatic heterocycles. The van der Waals surface area contributed by atoms with E-state index in [1.165, 1.54) is 0 Å². The van der Waals surface area contributed by atoms with Crippen molar-refractivity contribution in [1.82, 2.24) is 5.06 Å². The Labute approximate surface area is 162 Å². The normalized spacial score (nSPS) is 13.1. The average molecular weight is 379 g/mol. The van der Waals surface area contributed by atoms with Crippen LogP contribution < -0.4 is 4.74 Å². The maximum Gasteiger partial charge on any atom is 0.329 e. The summed E-state index contributed by atoms with van der Waals surface area (Å²) >= 11 is 0. The predicted octanol–water partition coefficient (Wildman–Crippen LogP) is 4.08. The molecule has 1 aromatic carbocycles. The lowest BCUT2D eigenvalue weighted by Gasteiger charge is -2.30. The zero-order valence-corrected chi connectivity index (χ0v) is 17.3. The quantitative estimate of drug-likeness (QED) is 0.377. The zero-order chi connectivity index (χ0) is 20.7. The van der Waals surface area contributed by atoms with Crippen molar-refractivity contribution in [2.24, 2.45) is 5.41 Å². The Morgan fingerprint density at radius 1 is 1.15 bits per heavy atom. The van der Waals surface area contributed by atoms with Crippen LogP contribution in [-0.4, -0.2) is 40.8 Å². The molecular weight excluding hydrogens is 346 g/mol. The molecule has 27 heavy (non-hydrogen) atoms. The van der Waals surface area contributed by atoms with E-state index in [0.717, 1.165) is 29.2 Å². The van der Waals surface area contributed by atoms with E-state index in [1.807, 2.05) is 24.3 Å². The first-order valence-corrected chi connectivity index (χ1v) is 9.28. The van der Waals surface area contributed by atoms with Crippen molar-refractivity contribution in [2.45, 2.75) is 72.4 Å². The van der Waals surface area contributed by atoms with E-state index in [1.54, 1.807) is 20.8 Å². The topological polar surface area (TPSA) is 76.1 Å². The minimum Gasteiger partial charge on any atom is -0.494 e. The van der Waals surface area contributed by atoms with Gasteiger partial charge >= 0.3 is 5.97 Å². The van der Waals surface area contributed by atoms with Crippen LogP contribution in [0.4, 0.5) is 0 Å². The molecule has 0 aromatic heterocycles. The lowest BCUT2D eigenvalue weighted by molar-refractivity contribution is -0.234. The number of hydrogen-bond donors (Lipinski definition) is 1. The molecule has 1 atom stereocenters. The minimum atomic E-state index is -1.12. The van der Waals surface area contributed by atoms with E-state index in [9.17, 15) is 14.7 Å². The first kappa shape index (κ1) is 23.0. The molecule has 0 heterocycles. The van der Waals surface area contributed by atoms with E-state index in [0.29, 0.717) is 18.4 Å². The standard InChI is InChI=1S/C21H33NO5/c1-20(2,3)12-7-13-26-17-10-8-16(9-11-17)14-18(19(24)25)22(15-23)27-21(4,5)6/h8-11,15,18H,7,12-14H2,1-6H3,(H,24,25). The molecule has 152 valence electrons. The van der Waals surface area contributed by atoms with Gasteiger partial charge in [0, 0.05) is 6.42 Å². The Morgan fingerprint density at radius 3 is 2.19 bits per heavy atom. The molecule has 0 aliphatic rings.